The molecule has 4 aromatic carbocycles. The molecule has 0 heterocycles. The molecule has 0 bridgehead atoms. The molecule has 0 aliphatic carbocycles. The summed E-state index contributed by atoms with van der Waals surface area (Å²) < 4.78 is 14.9. The maximum absolute atomic E-state index is 14.9. The van der Waals surface area contributed by atoms with Crippen LogP contribution in [-0.4, -0.2) is 5.97 Å². The predicted molar refractivity (Wildman–Crippen MR) is 131 cm³/mol. The van der Waals surface area contributed by atoms with E-state index in [0.717, 1.165) is 16.7 Å². The van der Waals surface area contributed by atoms with Crippen molar-refractivity contribution in [1.29, 1.82) is 0 Å². The molecule has 4 aromatic rings. The lowest BCUT2D eigenvalue weighted by Crippen LogP contribution is -2.23. The smallest absolute Gasteiger partial charge is 0.363 e. The first-order valence-corrected chi connectivity index (χ1v) is 11.1. The van der Waals surface area contributed by atoms with E-state index in [0.29, 0.717) is 18.8 Å². The van der Waals surface area contributed by atoms with E-state index in [2.05, 4.69) is 0 Å². The monoisotopic (exact) mass is 455 g/mol. The molecule has 34 heavy (non-hydrogen) atoms. The van der Waals surface area contributed by atoms with Crippen molar-refractivity contribution in [2.75, 3.05) is 4.90 Å². The normalized spacial score (nSPS) is 10.6. The number of nitrogens with zero attached hydrogens (tertiary/aromatic N) is 1. The van der Waals surface area contributed by atoms with E-state index in [4.69, 9.17) is 9.78 Å². The average Bonchev–Trinajstić information content (AvgIpc) is 2.87. The van der Waals surface area contributed by atoms with Gasteiger partial charge in [-0.2, -0.15) is 4.89 Å². The van der Waals surface area contributed by atoms with Gasteiger partial charge in [-0.25, -0.2) is 9.18 Å². The Bertz CT molecular complexity index is 1170. The molecule has 0 saturated heterocycles. The quantitative estimate of drug-likeness (QED) is 0.210. The Hall–Kier alpha value is -3.96. The summed E-state index contributed by atoms with van der Waals surface area (Å²) in [6, 6.07) is 32.4. The predicted octanol–water partition coefficient (Wildman–Crippen LogP) is 6.63. The zero-order valence-electron chi connectivity index (χ0n) is 19.0. The van der Waals surface area contributed by atoms with E-state index in [1.165, 1.54) is 6.07 Å². The number of anilines is 1. The number of hydrogen-bond acceptors (Lipinski definition) is 4. The molecule has 0 spiro atoms. The van der Waals surface area contributed by atoms with E-state index in [-0.39, 0.29) is 17.7 Å². The largest absolute Gasteiger partial charge is 0.373 e. The Morgan fingerprint density at radius 3 is 1.79 bits per heavy atom. The van der Waals surface area contributed by atoms with Gasteiger partial charge in [-0.1, -0.05) is 91.0 Å². The first kappa shape index (κ1) is 23.2. The van der Waals surface area contributed by atoms with Crippen LogP contribution in [0.1, 0.15) is 32.6 Å². The molecule has 0 aliphatic heterocycles. The van der Waals surface area contributed by atoms with Gasteiger partial charge in [0.05, 0.1) is 5.56 Å². The maximum atomic E-state index is 14.9. The van der Waals surface area contributed by atoms with Crippen LogP contribution in [0.25, 0.3) is 0 Å². The summed E-state index contributed by atoms with van der Waals surface area (Å²) in [5.41, 5.74) is 3.96. The lowest BCUT2D eigenvalue weighted by molar-refractivity contribution is -0.250. The van der Waals surface area contributed by atoms with E-state index in [9.17, 15) is 9.18 Å². The van der Waals surface area contributed by atoms with Crippen molar-refractivity contribution in [2.45, 2.75) is 26.6 Å². The second-order valence-electron chi connectivity index (χ2n) is 8.05. The van der Waals surface area contributed by atoms with Gasteiger partial charge in [-0.15, -0.1) is 0 Å². The summed E-state index contributed by atoms with van der Waals surface area (Å²) in [7, 11) is 0. The van der Waals surface area contributed by atoms with Crippen LogP contribution in [0.5, 0.6) is 0 Å². The Morgan fingerprint density at radius 2 is 1.26 bits per heavy atom. The number of hydrogen-bond donors (Lipinski definition) is 0. The number of halogens is 1. The van der Waals surface area contributed by atoms with Crippen molar-refractivity contribution in [3.63, 3.8) is 0 Å². The van der Waals surface area contributed by atoms with Gasteiger partial charge >= 0.3 is 5.97 Å². The third kappa shape index (κ3) is 6.09. The minimum absolute atomic E-state index is 0.113. The molecular formula is C29H26FNO3. The van der Waals surface area contributed by atoms with Crippen LogP contribution in [0.15, 0.2) is 103 Å². The van der Waals surface area contributed by atoms with Crippen LogP contribution >= 0.6 is 0 Å². The van der Waals surface area contributed by atoms with E-state index in [1.54, 1.807) is 13.0 Å². The number of benzene rings is 4. The van der Waals surface area contributed by atoms with Gasteiger partial charge in [-0.05, 0) is 41.3 Å². The van der Waals surface area contributed by atoms with Gasteiger partial charge in [-0.3, -0.25) is 4.89 Å². The Kier molecular flexibility index (Phi) is 7.68. The summed E-state index contributed by atoms with van der Waals surface area (Å²) in [6.45, 7) is 2.78. The molecule has 0 aliphatic rings. The molecule has 0 unspecified atom stereocenters. The van der Waals surface area contributed by atoms with Gasteiger partial charge in [0.25, 0.3) is 0 Å². The second-order valence-corrected chi connectivity index (χ2v) is 8.05. The molecule has 0 N–H and O–H groups in total. The summed E-state index contributed by atoms with van der Waals surface area (Å²) in [5, 5.41) is 0. The molecule has 172 valence electrons. The topological polar surface area (TPSA) is 38.8 Å². The highest BCUT2D eigenvalue weighted by molar-refractivity contribution is 5.92. The number of carbonyl (C=O) groups is 1. The molecule has 4 nitrogen and oxygen atoms in total. The third-order valence-electron chi connectivity index (χ3n) is 5.55. The van der Waals surface area contributed by atoms with Gasteiger partial charge in [0, 0.05) is 18.8 Å². The van der Waals surface area contributed by atoms with Crippen LogP contribution < -0.4 is 4.90 Å². The second kappa shape index (κ2) is 11.3. The molecule has 0 atom stereocenters. The number of carbonyl (C=O) groups excluding carboxylic acids is 1. The molecule has 0 fully saturated rings. The summed E-state index contributed by atoms with van der Waals surface area (Å²) in [5.74, 6) is -1.20. The van der Waals surface area contributed by atoms with Crippen LogP contribution in [0.2, 0.25) is 0 Å². The van der Waals surface area contributed by atoms with Crippen LogP contribution in [0, 0.1) is 12.7 Å². The number of rotatable bonds is 9. The molecule has 0 aromatic heterocycles. The molecule has 5 heteroatoms. The molecule has 0 amide bonds. The van der Waals surface area contributed by atoms with Gasteiger partial charge < -0.3 is 4.90 Å². The van der Waals surface area contributed by atoms with E-state index in [1.807, 2.05) is 95.9 Å². The average molecular weight is 456 g/mol. The first-order valence-electron chi connectivity index (χ1n) is 11.1. The maximum Gasteiger partial charge on any atom is 0.373 e. The van der Waals surface area contributed by atoms with Crippen molar-refractivity contribution >= 4 is 11.7 Å². The fourth-order valence-corrected chi connectivity index (χ4v) is 3.68. The van der Waals surface area contributed by atoms with Crippen molar-refractivity contribution in [3.8, 4) is 0 Å². The SMILES string of the molecule is Cc1c(F)cc(N(Cc2ccccc2)Cc2ccccc2)cc1C(=O)OOCc1ccccc1. The highest BCUT2D eigenvalue weighted by Gasteiger charge is 2.19. The van der Waals surface area contributed by atoms with Crippen molar-refractivity contribution in [3.05, 3.63) is 137 Å². The van der Waals surface area contributed by atoms with Crippen molar-refractivity contribution < 1.29 is 19.0 Å². The summed E-state index contributed by atoms with van der Waals surface area (Å²) >= 11 is 0. The molecule has 4 rings (SSSR count). The zero-order chi connectivity index (χ0) is 23.8. The van der Waals surface area contributed by atoms with Gasteiger partial charge in [0.2, 0.25) is 0 Å². The first-order chi connectivity index (χ1) is 16.6. The highest BCUT2D eigenvalue weighted by atomic mass is 19.1. The van der Waals surface area contributed by atoms with Gasteiger partial charge in [0.1, 0.15) is 12.4 Å². The van der Waals surface area contributed by atoms with Crippen LogP contribution in [0.3, 0.4) is 0 Å². The highest BCUT2D eigenvalue weighted by Crippen LogP contribution is 2.26. The minimum Gasteiger partial charge on any atom is -0.363 e. The molecule has 0 saturated carbocycles. The molecular weight excluding hydrogens is 429 g/mol. The van der Waals surface area contributed by atoms with Crippen molar-refractivity contribution in [1.82, 2.24) is 0 Å². The van der Waals surface area contributed by atoms with Gasteiger partial charge in [0.15, 0.2) is 0 Å². The standard InChI is InChI=1S/C29H26FNO3/c1-22-27(29(32)34-33-21-25-15-9-4-10-16-25)17-26(18-28(22)30)31(19-23-11-5-2-6-12-23)20-24-13-7-3-8-14-24/h2-18H,19-21H2,1H3. The zero-order valence-corrected chi connectivity index (χ0v) is 19.0. The Morgan fingerprint density at radius 1 is 0.765 bits per heavy atom. The fourth-order valence-electron chi connectivity index (χ4n) is 3.68. The Balaban J connectivity index is 1.57. The van der Waals surface area contributed by atoms with E-state index >= 15 is 0 Å². The molecule has 0 radical (unpaired) electrons. The minimum atomic E-state index is -0.728. The third-order valence-corrected chi connectivity index (χ3v) is 5.55. The van der Waals surface area contributed by atoms with Crippen molar-refractivity contribution in [2.24, 2.45) is 0 Å². The lowest BCUT2D eigenvalue weighted by atomic mass is 10.1. The van der Waals surface area contributed by atoms with E-state index < -0.39 is 11.8 Å². The van der Waals surface area contributed by atoms with Crippen LogP contribution in [-0.2, 0) is 29.5 Å². The fraction of sp³-hybridized carbons (Fsp3) is 0.138. The Labute approximate surface area is 199 Å². The lowest BCUT2D eigenvalue weighted by Gasteiger charge is -2.26. The summed E-state index contributed by atoms with van der Waals surface area (Å²) in [6.07, 6.45) is 0. The van der Waals surface area contributed by atoms with Crippen LogP contribution in [0.4, 0.5) is 10.1 Å². The summed E-state index contributed by atoms with van der Waals surface area (Å²) in [4.78, 5) is 25.0.